The molecule has 0 aliphatic heterocycles. The summed E-state index contributed by atoms with van der Waals surface area (Å²) in [6.45, 7) is 0. The van der Waals surface area contributed by atoms with E-state index >= 15 is 0 Å². The normalized spacial score (nSPS) is 15.2. The Morgan fingerprint density at radius 3 is 2.29 bits per heavy atom. The molecule has 0 amide bonds. The van der Waals surface area contributed by atoms with E-state index in [1.807, 2.05) is 24.3 Å². The maximum absolute atomic E-state index is 12.5. The molecule has 1 N–H and O–H groups in total. The number of fused-ring (bicyclic) bond motifs is 2. The van der Waals surface area contributed by atoms with Crippen LogP contribution in [0, 0.1) is 0 Å². The zero-order chi connectivity index (χ0) is 15.2. The van der Waals surface area contributed by atoms with E-state index in [9.17, 15) is 23.1 Å². The number of halogens is 3. The molecular weight excluding hydrogens is 281 g/mol. The molecule has 1 aliphatic carbocycles. The lowest BCUT2D eigenvalue weighted by Gasteiger charge is -2.20. The number of aliphatic hydroxyl groups excluding tert-OH is 1. The number of ketones is 1. The van der Waals surface area contributed by atoms with Gasteiger partial charge in [-0.25, -0.2) is 0 Å². The lowest BCUT2D eigenvalue weighted by atomic mass is 9.87. The topological polar surface area (TPSA) is 37.3 Å². The SMILES string of the molecule is O=C(C1=C(O)c2cc3ccccc3cc2CC1)C(F)(F)F. The van der Waals surface area contributed by atoms with E-state index in [2.05, 4.69) is 0 Å². The minimum absolute atomic E-state index is 0.102. The molecule has 0 bridgehead atoms. The first kappa shape index (κ1) is 13.7. The van der Waals surface area contributed by atoms with E-state index < -0.39 is 23.3 Å². The van der Waals surface area contributed by atoms with Gasteiger partial charge in [0.05, 0.1) is 0 Å². The van der Waals surface area contributed by atoms with Crippen molar-refractivity contribution < 1.29 is 23.1 Å². The van der Waals surface area contributed by atoms with E-state index in [1.54, 1.807) is 12.1 Å². The van der Waals surface area contributed by atoms with Gasteiger partial charge in [0.25, 0.3) is 5.78 Å². The molecule has 0 aromatic heterocycles. The quantitative estimate of drug-likeness (QED) is 0.856. The van der Waals surface area contributed by atoms with Gasteiger partial charge in [0.1, 0.15) is 5.76 Å². The summed E-state index contributed by atoms with van der Waals surface area (Å²) in [5.41, 5.74) is 0.516. The smallest absolute Gasteiger partial charge is 0.454 e. The molecule has 3 rings (SSSR count). The van der Waals surface area contributed by atoms with Crippen molar-refractivity contribution >= 4 is 22.3 Å². The summed E-state index contributed by atoms with van der Waals surface area (Å²) in [5.74, 6) is -2.51. The Morgan fingerprint density at radius 1 is 1.05 bits per heavy atom. The van der Waals surface area contributed by atoms with E-state index in [0.717, 1.165) is 16.3 Å². The number of alkyl halides is 3. The third kappa shape index (κ3) is 2.28. The second kappa shape index (κ2) is 4.62. The third-order valence-corrected chi connectivity index (χ3v) is 3.69. The van der Waals surface area contributed by atoms with Crippen LogP contribution in [0.2, 0.25) is 0 Å². The van der Waals surface area contributed by atoms with Crippen LogP contribution in [0.3, 0.4) is 0 Å². The highest BCUT2D eigenvalue weighted by Crippen LogP contribution is 2.35. The molecule has 5 heteroatoms. The van der Waals surface area contributed by atoms with Crippen LogP contribution in [-0.2, 0) is 11.2 Å². The van der Waals surface area contributed by atoms with Crippen LogP contribution in [0.15, 0.2) is 42.0 Å². The zero-order valence-corrected chi connectivity index (χ0v) is 10.9. The maximum atomic E-state index is 12.5. The second-order valence-corrected chi connectivity index (χ2v) is 5.01. The number of allylic oxidation sites excluding steroid dienone is 1. The molecule has 0 saturated heterocycles. The highest BCUT2D eigenvalue weighted by Gasteiger charge is 2.42. The largest absolute Gasteiger partial charge is 0.507 e. The van der Waals surface area contributed by atoms with Crippen molar-refractivity contribution in [2.45, 2.75) is 19.0 Å². The summed E-state index contributed by atoms with van der Waals surface area (Å²) in [5, 5.41) is 11.8. The molecule has 2 aromatic rings. The molecular formula is C16H11F3O2. The molecule has 2 nitrogen and oxygen atoms in total. The first-order valence-electron chi connectivity index (χ1n) is 6.43. The van der Waals surface area contributed by atoms with E-state index in [-0.39, 0.29) is 6.42 Å². The van der Waals surface area contributed by atoms with Crippen molar-refractivity contribution in [2.24, 2.45) is 0 Å². The van der Waals surface area contributed by atoms with Gasteiger partial charge in [-0.05, 0) is 35.2 Å². The Labute approximate surface area is 118 Å². The average molecular weight is 292 g/mol. The molecule has 0 spiro atoms. The van der Waals surface area contributed by atoms with Crippen LogP contribution in [-0.4, -0.2) is 17.1 Å². The van der Waals surface area contributed by atoms with E-state index in [1.165, 1.54) is 0 Å². The molecule has 0 fully saturated rings. The number of Topliss-reactive ketones (excluding diaryl/α,β-unsaturated/α-hetero) is 1. The summed E-state index contributed by atoms with van der Waals surface area (Å²) in [6, 6.07) is 10.8. The predicted molar refractivity (Wildman–Crippen MR) is 72.9 cm³/mol. The Bertz CT molecular complexity index is 773. The monoisotopic (exact) mass is 292 g/mol. The molecule has 0 radical (unpaired) electrons. The van der Waals surface area contributed by atoms with Gasteiger partial charge < -0.3 is 5.11 Å². The van der Waals surface area contributed by atoms with E-state index in [4.69, 9.17) is 0 Å². The van der Waals surface area contributed by atoms with Crippen LogP contribution in [0.5, 0.6) is 0 Å². The van der Waals surface area contributed by atoms with Crippen LogP contribution in [0.4, 0.5) is 13.2 Å². The molecule has 1 aliphatic rings. The van der Waals surface area contributed by atoms with E-state index in [0.29, 0.717) is 12.0 Å². The summed E-state index contributed by atoms with van der Waals surface area (Å²) in [4.78, 5) is 11.4. The predicted octanol–water partition coefficient (Wildman–Crippen LogP) is 4.19. The van der Waals surface area contributed by atoms with Crippen LogP contribution in [0.1, 0.15) is 17.5 Å². The number of carbonyl (C=O) groups is 1. The third-order valence-electron chi connectivity index (χ3n) is 3.69. The Morgan fingerprint density at radius 2 is 1.67 bits per heavy atom. The Balaban J connectivity index is 2.17. The van der Waals surface area contributed by atoms with Crippen LogP contribution in [0.25, 0.3) is 16.5 Å². The van der Waals surface area contributed by atoms with Crippen molar-refractivity contribution in [3.63, 3.8) is 0 Å². The highest BCUT2D eigenvalue weighted by molar-refractivity contribution is 6.06. The van der Waals surface area contributed by atoms with Crippen molar-refractivity contribution in [3.05, 3.63) is 53.1 Å². The molecule has 108 valence electrons. The average Bonchev–Trinajstić information content (AvgIpc) is 2.44. The Kier molecular flexibility index (Phi) is 3.01. The Hall–Kier alpha value is -2.30. The number of hydrogen-bond acceptors (Lipinski definition) is 2. The minimum atomic E-state index is -4.96. The lowest BCUT2D eigenvalue weighted by Crippen LogP contribution is -2.27. The standard InChI is InChI=1S/C16H11F3O2/c17-16(18,19)15(21)12-6-5-11-7-9-3-1-2-4-10(9)8-13(11)14(12)20/h1-4,7-8,20H,5-6H2. The fourth-order valence-corrected chi connectivity index (χ4v) is 2.65. The van der Waals surface area contributed by atoms with Gasteiger partial charge in [0.15, 0.2) is 0 Å². The minimum Gasteiger partial charge on any atom is -0.507 e. The zero-order valence-electron chi connectivity index (χ0n) is 10.9. The summed E-state index contributed by atoms with van der Waals surface area (Å²) in [6.07, 6.45) is -4.76. The first-order valence-corrected chi connectivity index (χ1v) is 6.43. The molecule has 2 aromatic carbocycles. The van der Waals surface area contributed by atoms with Crippen LogP contribution < -0.4 is 0 Å². The molecule has 21 heavy (non-hydrogen) atoms. The van der Waals surface area contributed by atoms with Gasteiger partial charge in [-0.1, -0.05) is 30.3 Å². The number of rotatable bonds is 1. The molecule has 0 heterocycles. The lowest BCUT2D eigenvalue weighted by molar-refractivity contribution is -0.166. The van der Waals surface area contributed by atoms with Gasteiger partial charge in [0.2, 0.25) is 0 Å². The van der Waals surface area contributed by atoms with Crippen molar-refractivity contribution in [3.8, 4) is 0 Å². The van der Waals surface area contributed by atoms with Crippen molar-refractivity contribution in [1.82, 2.24) is 0 Å². The summed E-state index contributed by atoms with van der Waals surface area (Å²) in [7, 11) is 0. The maximum Gasteiger partial charge on any atom is 0.454 e. The summed E-state index contributed by atoms with van der Waals surface area (Å²) < 4.78 is 37.6. The number of benzene rings is 2. The molecule has 0 unspecified atom stereocenters. The van der Waals surface area contributed by atoms with Gasteiger partial charge in [0, 0.05) is 11.1 Å². The van der Waals surface area contributed by atoms with Gasteiger partial charge in [-0.15, -0.1) is 0 Å². The van der Waals surface area contributed by atoms with Crippen LogP contribution >= 0.6 is 0 Å². The second-order valence-electron chi connectivity index (χ2n) is 5.01. The fraction of sp³-hybridized carbons (Fsp3) is 0.188. The van der Waals surface area contributed by atoms with Gasteiger partial charge >= 0.3 is 6.18 Å². The molecule has 0 saturated carbocycles. The van der Waals surface area contributed by atoms with Crippen molar-refractivity contribution in [1.29, 1.82) is 0 Å². The summed E-state index contributed by atoms with van der Waals surface area (Å²) >= 11 is 0. The number of aliphatic hydroxyl groups is 1. The highest BCUT2D eigenvalue weighted by atomic mass is 19.4. The number of aryl methyl sites for hydroxylation is 1. The molecule has 0 atom stereocenters. The number of carbonyl (C=O) groups excluding carboxylic acids is 1. The fourth-order valence-electron chi connectivity index (χ4n) is 2.65. The first-order chi connectivity index (χ1) is 9.88. The van der Waals surface area contributed by atoms with Gasteiger partial charge in [-0.3, -0.25) is 4.79 Å². The van der Waals surface area contributed by atoms with Gasteiger partial charge in [-0.2, -0.15) is 13.2 Å². The van der Waals surface area contributed by atoms with Crippen molar-refractivity contribution in [2.75, 3.05) is 0 Å². The number of hydrogen-bond donors (Lipinski definition) is 1.